The van der Waals surface area contributed by atoms with Crippen molar-refractivity contribution in [3.63, 3.8) is 0 Å². The van der Waals surface area contributed by atoms with Crippen LogP contribution >= 0.6 is 11.8 Å². The maximum atomic E-state index is 4.87. The summed E-state index contributed by atoms with van der Waals surface area (Å²) in [4.78, 5) is 4.87. The van der Waals surface area contributed by atoms with E-state index in [1.165, 1.54) is 43.0 Å². The minimum absolute atomic E-state index is 0.555. The van der Waals surface area contributed by atoms with Crippen LogP contribution in [0.1, 0.15) is 52.9 Å². The van der Waals surface area contributed by atoms with Crippen LogP contribution in [0.25, 0.3) is 0 Å². The van der Waals surface area contributed by atoms with E-state index in [1.807, 2.05) is 11.8 Å². The summed E-state index contributed by atoms with van der Waals surface area (Å²) in [6.07, 6.45) is 7.19. The fraction of sp³-hybridized carbons (Fsp3) is 0.938. The molecule has 0 radical (unpaired) electrons. The van der Waals surface area contributed by atoms with E-state index in [-0.39, 0.29) is 0 Å². The van der Waals surface area contributed by atoms with Gasteiger partial charge in [-0.15, -0.1) is 0 Å². The molecule has 0 aromatic heterocycles. The van der Waals surface area contributed by atoms with E-state index in [4.69, 9.17) is 4.99 Å². The van der Waals surface area contributed by atoms with Crippen LogP contribution in [0.15, 0.2) is 4.99 Å². The predicted octanol–water partition coefficient (Wildman–Crippen LogP) is 3.92. The second kappa shape index (κ2) is 5.67. The number of nitrogens with one attached hydrogen (secondary N) is 1. The molecule has 3 aliphatic rings. The molecule has 0 saturated heterocycles. The van der Waals surface area contributed by atoms with E-state index < -0.39 is 0 Å². The van der Waals surface area contributed by atoms with Crippen molar-refractivity contribution >= 4 is 16.9 Å². The quantitative estimate of drug-likeness (QED) is 0.844. The highest BCUT2D eigenvalue weighted by molar-refractivity contribution is 8.14. The van der Waals surface area contributed by atoms with Crippen molar-refractivity contribution in [1.82, 2.24) is 5.32 Å². The number of thioether (sulfide) groups is 1. The molecule has 2 nitrogen and oxygen atoms in total. The first-order valence-electron chi connectivity index (χ1n) is 8.09. The second-order valence-electron chi connectivity index (χ2n) is 7.30. The van der Waals surface area contributed by atoms with Crippen LogP contribution in [-0.2, 0) is 0 Å². The second-order valence-corrected chi connectivity index (χ2v) is 8.31. The number of amidine groups is 1. The average molecular weight is 280 g/mol. The van der Waals surface area contributed by atoms with Crippen molar-refractivity contribution in [2.24, 2.45) is 28.7 Å². The van der Waals surface area contributed by atoms with E-state index in [0.29, 0.717) is 12.1 Å². The van der Waals surface area contributed by atoms with Crippen LogP contribution in [0.3, 0.4) is 0 Å². The van der Waals surface area contributed by atoms with E-state index in [1.54, 1.807) is 0 Å². The minimum Gasteiger partial charge on any atom is -0.362 e. The van der Waals surface area contributed by atoms with Gasteiger partial charge >= 0.3 is 0 Å². The first kappa shape index (κ1) is 13.8. The van der Waals surface area contributed by atoms with Gasteiger partial charge < -0.3 is 5.32 Å². The summed E-state index contributed by atoms with van der Waals surface area (Å²) in [5.41, 5.74) is 0. The molecule has 0 aromatic carbocycles. The number of hydrogen-bond acceptors (Lipinski definition) is 3. The third-order valence-corrected chi connectivity index (χ3v) is 6.29. The van der Waals surface area contributed by atoms with Gasteiger partial charge in [0.1, 0.15) is 0 Å². The molecule has 0 amide bonds. The van der Waals surface area contributed by atoms with Gasteiger partial charge in [0.15, 0.2) is 5.17 Å². The molecule has 19 heavy (non-hydrogen) atoms. The summed E-state index contributed by atoms with van der Waals surface area (Å²) in [6.45, 7) is 6.97. The van der Waals surface area contributed by atoms with Gasteiger partial charge in [0.25, 0.3) is 0 Å². The topological polar surface area (TPSA) is 24.4 Å². The van der Waals surface area contributed by atoms with Gasteiger partial charge in [0.2, 0.25) is 0 Å². The maximum Gasteiger partial charge on any atom is 0.157 e. The highest BCUT2D eigenvalue weighted by Gasteiger charge is 2.42. The zero-order chi connectivity index (χ0) is 13.4. The molecule has 5 atom stereocenters. The predicted molar refractivity (Wildman–Crippen MR) is 84.7 cm³/mol. The SMILES string of the molecule is CC(C)CC1CSC(NC(C)C2CC3CCC2C3)=N1. The largest absolute Gasteiger partial charge is 0.362 e. The molecule has 1 N–H and O–H groups in total. The van der Waals surface area contributed by atoms with Crippen molar-refractivity contribution in [2.75, 3.05) is 5.75 Å². The lowest BCUT2D eigenvalue weighted by Crippen LogP contribution is -2.38. The molecule has 108 valence electrons. The van der Waals surface area contributed by atoms with Crippen LogP contribution in [0.5, 0.6) is 0 Å². The molecule has 5 unspecified atom stereocenters. The zero-order valence-corrected chi connectivity index (χ0v) is 13.4. The minimum atomic E-state index is 0.555. The lowest BCUT2D eigenvalue weighted by atomic mass is 9.84. The maximum absolute atomic E-state index is 4.87. The Bertz CT molecular complexity index is 353. The number of hydrogen-bond donors (Lipinski definition) is 1. The first-order valence-corrected chi connectivity index (χ1v) is 9.07. The summed E-state index contributed by atoms with van der Waals surface area (Å²) >= 11 is 1.94. The number of aliphatic imine (C=N–C) groups is 1. The Balaban J connectivity index is 1.51. The van der Waals surface area contributed by atoms with Crippen molar-refractivity contribution in [1.29, 1.82) is 0 Å². The Morgan fingerprint density at radius 1 is 1.26 bits per heavy atom. The van der Waals surface area contributed by atoms with E-state index in [0.717, 1.165) is 23.7 Å². The summed E-state index contributed by atoms with van der Waals surface area (Å²) in [6, 6.07) is 1.18. The molecule has 3 heteroatoms. The molecule has 2 fully saturated rings. The Morgan fingerprint density at radius 3 is 2.74 bits per heavy atom. The van der Waals surface area contributed by atoms with Gasteiger partial charge in [-0.3, -0.25) is 4.99 Å². The monoisotopic (exact) mass is 280 g/mol. The van der Waals surface area contributed by atoms with Crippen molar-refractivity contribution in [2.45, 2.75) is 65.0 Å². The van der Waals surface area contributed by atoms with E-state index in [2.05, 4.69) is 26.1 Å². The highest BCUT2D eigenvalue weighted by Crippen LogP contribution is 2.49. The molecule has 0 aromatic rings. The molecule has 2 bridgehead atoms. The number of rotatable bonds is 4. The van der Waals surface area contributed by atoms with Crippen molar-refractivity contribution < 1.29 is 0 Å². The van der Waals surface area contributed by atoms with E-state index in [9.17, 15) is 0 Å². The Labute approximate surface area is 122 Å². The number of fused-ring (bicyclic) bond motifs is 2. The van der Waals surface area contributed by atoms with E-state index >= 15 is 0 Å². The Kier molecular flexibility index (Phi) is 4.11. The van der Waals surface area contributed by atoms with Crippen molar-refractivity contribution in [3.05, 3.63) is 0 Å². The third-order valence-electron chi connectivity index (χ3n) is 5.24. The zero-order valence-electron chi connectivity index (χ0n) is 12.6. The molecular formula is C16H28N2S. The molecule has 0 spiro atoms. The van der Waals surface area contributed by atoms with Gasteiger partial charge in [0.05, 0.1) is 6.04 Å². The first-order chi connectivity index (χ1) is 9.11. The fourth-order valence-corrected chi connectivity index (χ4v) is 5.42. The number of nitrogens with zero attached hydrogens (tertiary/aromatic N) is 1. The molecule has 1 heterocycles. The van der Waals surface area contributed by atoms with Gasteiger partial charge in [0, 0.05) is 11.8 Å². The van der Waals surface area contributed by atoms with Gasteiger partial charge in [-0.1, -0.05) is 32.0 Å². The standard InChI is InChI=1S/C16H28N2S/c1-10(2)6-14-9-19-16(18-14)17-11(3)15-8-12-4-5-13(15)7-12/h10-15H,4-9H2,1-3H3,(H,17,18). The van der Waals surface area contributed by atoms with Gasteiger partial charge in [-0.25, -0.2) is 0 Å². The van der Waals surface area contributed by atoms with Crippen LogP contribution in [0.4, 0.5) is 0 Å². The Morgan fingerprint density at radius 2 is 2.11 bits per heavy atom. The molecule has 2 aliphatic carbocycles. The smallest absolute Gasteiger partial charge is 0.157 e. The van der Waals surface area contributed by atoms with Gasteiger partial charge in [-0.2, -0.15) is 0 Å². The normalized spacial score (nSPS) is 38.8. The molecule has 3 rings (SSSR count). The summed E-state index contributed by atoms with van der Waals surface area (Å²) < 4.78 is 0. The summed E-state index contributed by atoms with van der Waals surface area (Å²) in [5.74, 6) is 4.91. The van der Waals surface area contributed by atoms with Crippen molar-refractivity contribution in [3.8, 4) is 0 Å². The molecule has 1 aliphatic heterocycles. The van der Waals surface area contributed by atoms with Crippen LogP contribution in [0.2, 0.25) is 0 Å². The van der Waals surface area contributed by atoms with Gasteiger partial charge in [-0.05, 0) is 56.3 Å². The summed E-state index contributed by atoms with van der Waals surface area (Å²) in [7, 11) is 0. The van der Waals surface area contributed by atoms with Crippen LogP contribution in [-0.4, -0.2) is 23.0 Å². The van der Waals surface area contributed by atoms with Crippen LogP contribution < -0.4 is 5.32 Å². The molecule has 2 saturated carbocycles. The third kappa shape index (κ3) is 3.12. The van der Waals surface area contributed by atoms with Crippen LogP contribution in [0, 0.1) is 23.7 Å². The molecular weight excluding hydrogens is 252 g/mol. The summed E-state index contributed by atoms with van der Waals surface area (Å²) in [5, 5.41) is 4.94. The lowest BCUT2D eigenvalue weighted by molar-refractivity contribution is 0.279. The Hall–Kier alpha value is -0.180. The fourth-order valence-electron chi connectivity index (χ4n) is 4.37. The lowest BCUT2D eigenvalue weighted by Gasteiger charge is -2.28. The average Bonchev–Trinajstić information content (AvgIpc) is 3.04. The highest BCUT2D eigenvalue weighted by atomic mass is 32.2.